The van der Waals surface area contributed by atoms with E-state index in [0.29, 0.717) is 0 Å². The Bertz CT molecular complexity index is 57.1. The minimum absolute atomic E-state index is 0. The molecule has 0 aromatic carbocycles. The molecule has 0 nitrogen and oxygen atoms in total. The van der Waals surface area contributed by atoms with Crippen LogP contribution in [0.1, 0.15) is 25.7 Å². The average Bonchev–Trinajstić information content (AvgIpc) is 1.86. The van der Waals surface area contributed by atoms with Gasteiger partial charge >= 0.3 is 17.4 Å². The van der Waals surface area contributed by atoms with Crippen LogP contribution in [0.2, 0.25) is 0 Å². The molecule has 0 heterocycles. The maximum Gasteiger partial charge on any atom is 2.00 e. The van der Waals surface area contributed by atoms with Gasteiger partial charge in [-0.05, 0) is 0 Å². The minimum atomic E-state index is 0. The van der Waals surface area contributed by atoms with Crippen molar-refractivity contribution in [3.05, 3.63) is 32.7 Å². The molecule has 1 heteroatoms. The Hall–Kier alpha value is 0.0525. The Morgan fingerprint density at radius 2 is 1.20 bits per heavy atom. The van der Waals surface area contributed by atoms with Crippen molar-refractivity contribution in [1.29, 1.82) is 0 Å². The number of hydrogen-bond acceptors (Lipinski definition) is 0. The molecule has 0 saturated carbocycles. The van der Waals surface area contributed by atoms with Crippen molar-refractivity contribution in [3.8, 4) is 0 Å². The molecule has 0 rings (SSSR count). The molecule has 0 aliphatic carbocycles. The fourth-order valence-electron chi connectivity index (χ4n) is 0.354. The molecule has 0 aromatic rings. The van der Waals surface area contributed by atoms with Gasteiger partial charge in [-0.1, -0.05) is 26.0 Å². The third-order valence-electron chi connectivity index (χ3n) is 0.750. The largest absolute Gasteiger partial charge is 2.00 e. The predicted octanol–water partition coefficient (Wildman–Crippen LogP) is 3.17. The normalized spacial score (nSPS) is 6.20. The Balaban J connectivity index is -0.000000107. The molecule has 0 fully saturated rings. The quantitative estimate of drug-likeness (QED) is 0.352. The fraction of sp³-hybridized carbons (Fsp3) is 0.444. The monoisotopic (exact) mass is 176 g/mol. The topological polar surface area (TPSA) is 0 Å². The SMILES string of the molecule is C=C=C.[CH2-]CCCC[CH2-].[Cr+2]. The third kappa shape index (κ3) is 43.0. The molecule has 58 valence electrons. The first kappa shape index (κ1) is 16.6. The molecule has 0 amide bonds. The second-order valence-electron chi connectivity index (χ2n) is 1.66. The summed E-state index contributed by atoms with van der Waals surface area (Å²) >= 11 is 0. The molecule has 0 aliphatic heterocycles. The summed E-state index contributed by atoms with van der Waals surface area (Å²) in [5.41, 5.74) is 2.25. The van der Waals surface area contributed by atoms with E-state index in [-0.39, 0.29) is 17.4 Å². The van der Waals surface area contributed by atoms with Crippen molar-refractivity contribution in [3.63, 3.8) is 0 Å². The second-order valence-corrected chi connectivity index (χ2v) is 1.66. The molecule has 0 spiro atoms. The summed E-state index contributed by atoms with van der Waals surface area (Å²) in [4.78, 5) is 0. The van der Waals surface area contributed by atoms with E-state index in [1.165, 1.54) is 12.8 Å². The Morgan fingerprint density at radius 3 is 1.30 bits per heavy atom. The first-order valence-corrected chi connectivity index (χ1v) is 3.21. The van der Waals surface area contributed by atoms with Gasteiger partial charge in [0.2, 0.25) is 0 Å². The zero-order chi connectivity index (χ0) is 7.54. The van der Waals surface area contributed by atoms with Gasteiger partial charge in [0.05, 0.1) is 0 Å². The third-order valence-corrected chi connectivity index (χ3v) is 0.750. The zero-order valence-corrected chi connectivity index (χ0v) is 7.84. The smallest absolute Gasteiger partial charge is 0.343 e. The van der Waals surface area contributed by atoms with Crippen LogP contribution in [-0.2, 0) is 17.4 Å². The van der Waals surface area contributed by atoms with E-state index in [2.05, 4.69) is 32.7 Å². The number of rotatable bonds is 3. The predicted molar refractivity (Wildman–Crippen MR) is 43.9 cm³/mol. The van der Waals surface area contributed by atoms with Gasteiger partial charge in [0.15, 0.2) is 0 Å². The van der Waals surface area contributed by atoms with Gasteiger partial charge in [-0.2, -0.15) is 12.8 Å². The molecule has 0 N–H and O–H groups in total. The Morgan fingerprint density at radius 1 is 1.00 bits per heavy atom. The average molecular weight is 176 g/mol. The van der Waals surface area contributed by atoms with Crippen LogP contribution in [-0.4, -0.2) is 0 Å². The van der Waals surface area contributed by atoms with Crippen molar-refractivity contribution in [2.24, 2.45) is 0 Å². The molecule has 0 aromatic heterocycles. The first-order chi connectivity index (χ1) is 4.33. The van der Waals surface area contributed by atoms with E-state index < -0.39 is 0 Å². The van der Waals surface area contributed by atoms with Gasteiger partial charge in [0, 0.05) is 0 Å². The summed E-state index contributed by atoms with van der Waals surface area (Å²) in [5.74, 6) is 0. The summed E-state index contributed by atoms with van der Waals surface area (Å²) in [6.45, 7) is 13.6. The molecular weight excluding hydrogens is 160 g/mol. The number of hydrogen-bond donors (Lipinski definition) is 0. The van der Waals surface area contributed by atoms with Crippen LogP contribution in [0.25, 0.3) is 0 Å². The van der Waals surface area contributed by atoms with Crippen molar-refractivity contribution in [2.75, 3.05) is 0 Å². The zero-order valence-electron chi connectivity index (χ0n) is 6.57. The van der Waals surface area contributed by atoms with Crippen LogP contribution in [0.3, 0.4) is 0 Å². The summed E-state index contributed by atoms with van der Waals surface area (Å²) in [7, 11) is 0. The van der Waals surface area contributed by atoms with Gasteiger partial charge < -0.3 is 13.8 Å². The molecule has 0 aliphatic rings. The van der Waals surface area contributed by atoms with Crippen molar-refractivity contribution < 1.29 is 17.4 Å². The van der Waals surface area contributed by atoms with E-state index >= 15 is 0 Å². The Kier molecular flexibility index (Phi) is 38.1. The standard InChI is InChI=1S/C6H12.C3H4.Cr/c1-3-5-6-4-2;1-3-2;/h1-6H2;1-2H2;/q-2;;+2. The number of unbranched alkanes of at least 4 members (excludes halogenated alkanes) is 3. The summed E-state index contributed by atoms with van der Waals surface area (Å²) in [6, 6.07) is 0. The van der Waals surface area contributed by atoms with E-state index in [9.17, 15) is 0 Å². The van der Waals surface area contributed by atoms with Crippen LogP contribution in [0.15, 0.2) is 18.9 Å². The van der Waals surface area contributed by atoms with E-state index in [1.807, 2.05) is 0 Å². The van der Waals surface area contributed by atoms with E-state index in [4.69, 9.17) is 0 Å². The van der Waals surface area contributed by atoms with Crippen LogP contribution in [0.4, 0.5) is 0 Å². The van der Waals surface area contributed by atoms with E-state index in [0.717, 1.165) is 12.8 Å². The first-order valence-electron chi connectivity index (χ1n) is 3.21. The second kappa shape index (κ2) is 23.0. The minimum Gasteiger partial charge on any atom is -0.343 e. The molecule has 0 radical (unpaired) electrons. The molecule has 0 saturated heterocycles. The van der Waals surface area contributed by atoms with Gasteiger partial charge in [-0.25, -0.2) is 0 Å². The molecule has 0 bridgehead atoms. The van der Waals surface area contributed by atoms with Gasteiger partial charge in [-0.3, -0.25) is 0 Å². The van der Waals surface area contributed by atoms with Gasteiger partial charge in [0.1, 0.15) is 0 Å². The molecule has 0 unspecified atom stereocenters. The Labute approximate surface area is 76.2 Å². The fourth-order valence-corrected chi connectivity index (χ4v) is 0.354. The summed E-state index contributed by atoms with van der Waals surface area (Å²) in [6.07, 6.45) is 4.61. The molecule has 0 atom stereocenters. The summed E-state index contributed by atoms with van der Waals surface area (Å²) in [5, 5.41) is 0. The maximum atomic E-state index is 3.70. The van der Waals surface area contributed by atoms with Gasteiger partial charge in [0.25, 0.3) is 0 Å². The molecular formula is C9H16Cr. The van der Waals surface area contributed by atoms with Crippen molar-refractivity contribution >= 4 is 0 Å². The van der Waals surface area contributed by atoms with Crippen LogP contribution < -0.4 is 0 Å². The van der Waals surface area contributed by atoms with E-state index in [1.54, 1.807) is 0 Å². The summed E-state index contributed by atoms with van der Waals surface area (Å²) < 4.78 is 0. The van der Waals surface area contributed by atoms with Crippen LogP contribution >= 0.6 is 0 Å². The maximum absolute atomic E-state index is 3.70. The van der Waals surface area contributed by atoms with Crippen molar-refractivity contribution in [1.82, 2.24) is 0 Å². The van der Waals surface area contributed by atoms with Crippen molar-refractivity contribution in [2.45, 2.75) is 25.7 Å². The molecule has 10 heavy (non-hydrogen) atoms. The van der Waals surface area contributed by atoms with Crippen LogP contribution in [0.5, 0.6) is 0 Å². The van der Waals surface area contributed by atoms with Crippen LogP contribution in [0, 0.1) is 13.8 Å². The van der Waals surface area contributed by atoms with Gasteiger partial charge in [-0.15, -0.1) is 5.73 Å².